The molecule has 0 bridgehead atoms. The van der Waals surface area contributed by atoms with Crippen LogP contribution in [-0.4, -0.2) is 52.4 Å². The first kappa shape index (κ1) is 28.1. The van der Waals surface area contributed by atoms with Crippen molar-refractivity contribution in [3.05, 3.63) is 0 Å². The van der Waals surface area contributed by atoms with Crippen LogP contribution in [0.5, 0.6) is 0 Å². The standard InChI is InChI=1S/C7H13NO3.C6H13NO2.C4H10O/c1-5(2)6(7(10)11)3-8-4-9;1-4(2)5(3-7)6(8)9;1-4(2,3)5/h4-6H,3H2,1-2H3,(H,8,9)(H,10,11);4-5H,3,7H2,1-2H3,(H,8,9);5H,1-3H3/t6-;5-;/m11./s1. The molecular formula is C17H36N2O6. The summed E-state index contributed by atoms with van der Waals surface area (Å²) in [6.07, 6.45) is 0.512. The van der Waals surface area contributed by atoms with Crippen LogP contribution >= 0.6 is 0 Å². The van der Waals surface area contributed by atoms with Gasteiger partial charge in [0.1, 0.15) is 0 Å². The molecule has 0 heterocycles. The Hall–Kier alpha value is -1.67. The highest BCUT2D eigenvalue weighted by molar-refractivity contribution is 5.71. The van der Waals surface area contributed by atoms with E-state index >= 15 is 0 Å². The van der Waals surface area contributed by atoms with Crippen molar-refractivity contribution in [2.45, 2.75) is 54.1 Å². The first-order valence-electron chi connectivity index (χ1n) is 8.24. The molecule has 150 valence electrons. The van der Waals surface area contributed by atoms with Crippen LogP contribution in [0.4, 0.5) is 0 Å². The molecule has 0 aliphatic rings. The second-order valence-electron chi connectivity index (χ2n) is 7.31. The van der Waals surface area contributed by atoms with E-state index in [9.17, 15) is 14.4 Å². The average Bonchev–Trinajstić information content (AvgIpc) is 2.36. The Morgan fingerprint density at radius 3 is 1.44 bits per heavy atom. The Morgan fingerprint density at radius 2 is 1.32 bits per heavy atom. The van der Waals surface area contributed by atoms with Gasteiger partial charge in [-0.1, -0.05) is 27.7 Å². The number of carbonyl (C=O) groups excluding carboxylic acids is 1. The number of carbonyl (C=O) groups is 3. The highest BCUT2D eigenvalue weighted by Gasteiger charge is 2.20. The maximum absolute atomic E-state index is 10.5. The van der Waals surface area contributed by atoms with Crippen molar-refractivity contribution in [3.8, 4) is 0 Å². The second kappa shape index (κ2) is 14.7. The molecule has 8 nitrogen and oxygen atoms in total. The van der Waals surface area contributed by atoms with Gasteiger partial charge in [0.05, 0.1) is 17.4 Å². The molecule has 0 radical (unpaired) electrons. The highest BCUT2D eigenvalue weighted by atomic mass is 16.4. The number of carboxylic acids is 2. The second-order valence-corrected chi connectivity index (χ2v) is 7.31. The van der Waals surface area contributed by atoms with E-state index in [0.717, 1.165) is 0 Å². The minimum Gasteiger partial charge on any atom is -0.481 e. The normalized spacial score (nSPS) is 12.9. The first-order chi connectivity index (χ1) is 11.2. The lowest BCUT2D eigenvalue weighted by atomic mass is 9.96. The van der Waals surface area contributed by atoms with E-state index in [0.29, 0.717) is 6.41 Å². The molecule has 2 atom stereocenters. The zero-order valence-corrected chi connectivity index (χ0v) is 16.4. The molecular weight excluding hydrogens is 328 g/mol. The Kier molecular flexibility index (Phi) is 16.5. The summed E-state index contributed by atoms with van der Waals surface area (Å²) in [4.78, 5) is 30.6. The van der Waals surface area contributed by atoms with E-state index in [1.165, 1.54) is 0 Å². The number of nitrogens with two attached hydrogens (primary N) is 1. The first-order valence-corrected chi connectivity index (χ1v) is 8.24. The van der Waals surface area contributed by atoms with Gasteiger partial charge in [-0.15, -0.1) is 0 Å². The summed E-state index contributed by atoms with van der Waals surface area (Å²) in [5.41, 5.74) is 4.69. The van der Waals surface area contributed by atoms with Crippen LogP contribution in [0.1, 0.15) is 48.5 Å². The maximum Gasteiger partial charge on any atom is 0.308 e. The minimum absolute atomic E-state index is 0.0416. The van der Waals surface area contributed by atoms with Gasteiger partial charge >= 0.3 is 11.9 Å². The molecule has 0 unspecified atom stereocenters. The van der Waals surface area contributed by atoms with E-state index in [4.69, 9.17) is 21.1 Å². The van der Waals surface area contributed by atoms with Crippen LogP contribution in [0, 0.1) is 23.7 Å². The van der Waals surface area contributed by atoms with E-state index in [1.54, 1.807) is 20.8 Å². The molecule has 0 aliphatic carbocycles. The number of nitrogens with one attached hydrogen (secondary N) is 1. The molecule has 1 amide bonds. The predicted molar refractivity (Wildman–Crippen MR) is 97.0 cm³/mol. The van der Waals surface area contributed by atoms with Gasteiger partial charge in [0, 0.05) is 13.1 Å². The summed E-state index contributed by atoms with van der Waals surface area (Å²) in [5, 5.41) is 27.9. The van der Waals surface area contributed by atoms with Crippen LogP contribution in [0.3, 0.4) is 0 Å². The van der Waals surface area contributed by atoms with Crippen LogP contribution in [0.15, 0.2) is 0 Å². The van der Waals surface area contributed by atoms with E-state index in [1.807, 2.05) is 27.7 Å². The molecule has 0 aliphatic heterocycles. The van der Waals surface area contributed by atoms with Gasteiger partial charge in [-0.05, 0) is 32.6 Å². The van der Waals surface area contributed by atoms with Gasteiger partial charge < -0.3 is 26.4 Å². The lowest BCUT2D eigenvalue weighted by molar-refractivity contribution is -0.144. The SMILES string of the molecule is CC(C)(C)O.CC(C)[C@@H](CN)C(=O)O.CC(C)[C@@H](CNC=O)C(=O)O. The molecule has 0 spiro atoms. The molecule has 0 aromatic rings. The van der Waals surface area contributed by atoms with Crippen LogP contribution in [0.25, 0.3) is 0 Å². The van der Waals surface area contributed by atoms with Gasteiger partial charge in [0.25, 0.3) is 0 Å². The fourth-order valence-electron chi connectivity index (χ4n) is 1.44. The third kappa shape index (κ3) is 22.3. The average molecular weight is 364 g/mol. The molecule has 0 saturated carbocycles. The van der Waals surface area contributed by atoms with Crippen molar-refractivity contribution in [2.75, 3.05) is 13.1 Å². The summed E-state index contributed by atoms with van der Waals surface area (Å²) in [5.74, 6) is -2.36. The van der Waals surface area contributed by atoms with Crippen molar-refractivity contribution >= 4 is 18.3 Å². The predicted octanol–water partition coefficient (Wildman–Crippen LogP) is 1.17. The number of rotatable bonds is 8. The molecule has 0 aromatic carbocycles. The quantitative estimate of drug-likeness (QED) is 0.406. The summed E-state index contributed by atoms with van der Waals surface area (Å²) in [6.45, 7) is 13.0. The Bertz CT molecular complexity index is 372. The minimum atomic E-state index is -0.866. The molecule has 0 rings (SSSR count). The van der Waals surface area contributed by atoms with E-state index < -0.39 is 23.5 Å². The zero-order valence-electron chi connectivity index (χ0n) is 16.4. The molecule has 8 heteroatoms. The lowest BCUT2D eigenvalue weighted by Crippen LogP contribution is -2.31. The van der Waals surface area contributed by atoms with Gasteiger partial charge in [-0.2, -0.15) is 0 Å². The smallest absolute Gasteiger partial charge is 0.308 e. The van der Waals surface area contributed by atoms with Crippen LogP contribution in [-0.2, 0) is 14.4 Å². The molecule has 25 heavy (non-hydrogen) atoms. The molecule has 0 saturated heterocycles. The number of aliphatic carboxylic acids is 2. The number of aliphatic hydroxyl groups is 1. The van der Waals surface area contributed by atoms with E-state index in [-0.39, 0.29) is 30.8 Å². The molecule has 0 fully saturated rings. The Balaban J connectivity index is -0.000000311. The summed E-state index contributed by atoms with van der Waals surface area (Å²) >= 11 is 0. The Morgan fingerprint density at radius 1 is 1.00 bits per heavy atom. The van der Waals surface area contributed by atoms with E-state index in [2.05, 4.69) is 5.32 Å². The van der Waals surface area contributed by atoms with Crippen molar-refractivity contribution < 1.29 is 29.7 Å². The summed E-state index contributed by atoms with van der Waals surface area (Å²) in [6, 6.07) is 0. The number of carboxylic acid groups (broad SMARTS) is 2. The number of hydrogen-bond donors (Lipinski definition) is 5. The highest BCUT2D eigenvalue weighted by Crippen LogP contribution is 2.09. The molecule has 6 N–H and O–H groups in total. The van der Waals surface area contributed by atoms with Gasteiger partial charge in [-0.25, -0.2) is 0 Å². The van der Waals surface area contributed by atoms with Crippen LogP contribution in [0.2, 0.25) is 0 Å². The maximum atomic E-state index is 10.5. The fraction of sp³-hybridized carbons (Fsp3) is 0.824. The monoisotopic (exact) mass is 364 g/mol. The topological polar surface area (TPSA) is 150 Å². The Labute approximate surface area is 150 Å². The van der Waals surface area contributed by atoms with Crippen molar-refractivity contribution in [2.24, 2.45) is 29.4 Å². The zero-order chi connectivity index (χ0) is 20.8. The van der Waals surface area contributed by atoms with Gasteiger partial charge in [0.15, 0.2) is 0 Å². The lowest BCUT2D eigenvalue weighted by Gasteiger charge is -2.14. The summed E-state index contributed by atoms with van der Waals surface area (Å²) < 4.78 is 0. The number of hydrogen-bond acceptors (Lipinski definition) is 5. The number of amides is 1. The summed E-state index contributed by atoms with van der Waals surface area (Å²) in [7, 11) is 0. The fourth-order valence-corrected chi connectivity index (χ4v) is 1.44. The van der Waals surface area contributed by atoms with Gasteiger partial charge in [0.2, 0.25) is 6.41 Å². The van der Waals surface area contributed by atoms with Crippen molar-refractivity contribution in [1.82, 2.24) is 5.32 Å². The third-order valence-corrected chi connectivity index (χ3v) is 2.92. The van der Waals surface area contributed by atoms with Gasteiger partial charge in [-0.3, -0.25) is 14.4 Å². The van der Waals surface area contributed by atoms with Crippen LogP contribution < -0.4 is 11.1 Å². The third-order valence-electron chi connectivity index (χ3n) is 2.92. The molecule has 0 aromatic heterocycles. The van der Waals surface area contributed by atoms with Crippen molar-refractivity contribution in [1.29, 1.82) is 0 Å². The van der Waals surface area contributed by atoms with Crippen molar-refractivity contribution in [3.63, 3.8) is 0 Å². The largest absolute Gasteiger partial charge is 0.481 e.